The van der Waals surface area contributed by atoms with Crippen LogP contribution in [0, 0.1) is 25.1 Å². The number of pyridine rings is 1. The Labute approximate surface area is 227 Å². The van der Waals surface area contributed by atoms with Crippen molar-refractivity contribution >= 4 is 11.8 Å². The van der Waals surface area contributed by atoms with E-state index in [1.54, 1.807) is 18.3 Å². The molecule has 2 atom stereocenters. The van der Waals surface area contributed by atoms with Crippen molar-refractivity contribution in [2.75, 3.05) is 31.7 Å². The summed E-state index contributed by atoms with van der Waals surface area (Å²) in [7, 11) is 0. The minimum Gasteiger partial charge on any atom is -0.493 e. The lowest BCUT2D eigenvalue weighted by molar-refractivity contribution is -0.137. The monoisotopic (exact) mass is 532 g/mol. The second kappa shape index (κ2) is 9.83. The molecule has 3 aromatic rings. The average molecular weight is 533 g/mol. The van der Waals surface area contributed by atoms with Gasteiger partial charge in [0.2, 0.25) is 0 Å². The van der Waals surface area contributed by atoms with Crippen LogP contribution in [0.3, 0.4) is 0 Å². The van der Waals surface area contributed by atoms with Gasteiger partial charge in [0.05, 0.1) is 38.9 Å². The van der Waals surface area contributed by atoms with E-state index in [4.69, 9.17) is 19.3 Å². The summed E-state index contributed by atoms with van der Waals surface area (Å²) in [5.74, 6) is 0.776. The number of nitrogens with one attached hydrogen (secondary N) is 1. The quantitative estimate of drug-likeness (QED) is 0.369. The first kappa shape index (κ1) is 25.6. The Morgan fingerprint density at radius 2 is 2.00 bits per heavy atom. The number of nitrogens with zero attached hydrogens (tertiary/aromatic N) is 1. The van der Waals surface area contributed by atoms with E-state index < -0.39 is 5.97 Å². The number of ether oxygens (including phenoxy) is 3. The fraction of sp³-hybridized carbons (Fsp3) is 0.419. The van der Waals surface area contributed by atoms with Crippen molar-refractivity contribution in [2.24, 2.45) is 5.41 Å². The maximum absolute atomic E-state index is 15.3. The molecule has 204 valence electrons. The number of benzene rings is 2. The molecule has 7 nitrogen and oxygen atoms in total. The Morgan fingerprint density at radius 3 is 2.69 bits per heavy atom. The first-order chi connectivity index (χ1) is 18.7. The lowest BCUT2D eigenvalue weighted by Crippen LogP contribution is -2.44. The summed E-state index contributed by atoms with van der Waals surface area (Å²) >= 11 is 0. The molecule has 8 heteroatoms. The summed E-state index contributed by atoms with van der Waals surface area (Å²) in [6.07, 6.45) is 3.17. The largest absolute Gasteiger partial charge is 0.493 e. The van der Waals surface area contributed by atoms with Crippen LogP contribution in [-0.2, 0) is 16.0 Å². The summed E-state index contributed by atoms with van der Waals surface area (Å²) in [5, 5.41) is 12.6. The molecule has 6 rings (SSSR count). The molecule has 2 aliphatic heterocycles. The molecule has 0 unspecified atom stereocenters. The van der Waals surface area contributed by atoms with E-state index in [0.717, 1.165) is 65.2 Å². The lowest BCUT2D eigenvalue weighted by Gasteiger charge is -2.37. The van der Waals surface area contributed by atoms with Gasteiger partial charge in [-0.1, -0.05) is 13.0 Å². The number of hydrogen-bond donors (Lipinski definition) is 2. The molecule has 39 heavy (non-hydrogen) atoms. The van der Waals surface area contributed by atoms with Crippen LogP contribution in [0.1, 0.15) is 59.5 Å². The summed E-state index contributed by atoms with van der Waals surface area (Å²) in [4.78, 5) is 15.7. The second-order valence-electron chi connectivity index (χ2n) is 11.5. The van der Waals surface area contributed by atoms with E-state index >= 15 is 4.39 Å². The number of hydrogen-bond acceptors (Lipinski definition) is 6. The van der Waals surface area contributed by atoms with Gasteiger partial charge in [0.15, 0.2) is 0 Å². The first-order valence-electron chi connectivity index (χ1n) is 13.5. The third kappa shape index (κ3) is 4.82. The maximum Gasteiger partial charge on any atom is 0.304 e. The van der Waals surface area contributed by atoms with Crippen LogP contribution in [-0.4, -0.2) is 42.5 Å². The third-order valence-electron chi connectivity index (χ3n) is 8.12. The summed E-state index contributed by atoms with van der Waals surface area (Å²) in [6.45, 7) is 8.71. The molecule has 0 bridgehead atoms. The zero-order valence-corrected chi connectivity index (χ0v) is 22.5. The Balaban J connectivity index is 1.25. The number of anilines is 1. The van der Waals surface area contributed by atoms with Gasteiger partial charge in [-0.25, -0.2) is 9.37 Å². The Bertz CT molecular complexity index is 1430. The number of aliphatic carboxylic acids is 1. The van der Waals surface area contributed by atoms with Crippen LogP contribution in [0.15, 0.2) is 36.5 Å². The highest BCUT2D eigenvalue weighted by atomic mass is 19.1. The number of carbonyl (C=O) groups is 1. The number of carboxylic acid groups (broad SMARTS) is 1. The van der Waals surface area contributed by atoms with Crippen LogP contribution in [0.4, 0.5) is 10.2 Å². The van der Waals surface area contributed by atoms with E-state index in [-0.39, 0.29) is 29.6 Å². The van der Waals surface area contributed by atoms with Crippen molar-refractivity contribution in [3.05, 3.63) is 70.2 Å². The molecule has 2 N–H and O–H groups in total. The number of rotatable bonds is 8. The maximum atomic E-state index is 15.3. The van der Waals surface area contributed by atoms with Crippen LogP contribution in [0.2, 0.25) is 0 Å². The molecule has 0 amide bonds. The van der Waals surface area contributed by atoms with Crippen molar-refractivity contribution in [1.82, 2.24) is 4.98 Å². The normalized spacial score (nSPS) is 20.5. The van der Waals surface area contributed by atoms with Crippen LogP contribution in [0.25, 0.3) is 11.1 Å². The fourth-order valence-electron chi connectivity index (χ4n) is 6.11. The molecule has 0 spiro atoms. The SMILES string of the molecule is Cc1cc(OCC2(C)COC2)cc(C)c1-c1ccc(F)c2c1CC[C@H]2Nc1cc2c(cn1)[C@H](CC(=O)O)CO2. The summed E-state index contributed by atoms with van der Waals surface area (Å²) in [6, 6.07) is 9.15. The Kier molecular flexibility index (Phi) is 6.46. The van der Waals surface area contributed by atoms with Crippen LogP contribution < -0.4 is 14.8 Å². The number of halogens is 1. The van der Waals surface area contributed by atoms with Crippen molar-refractivity contribution < 1.29 is 28.5 Å². The van der Waals surface area contributed by atoms with Gasteiger partial charge in [-0.15, -0.1) is 0 Å². The van der Waals surface area contributed by atoms with Crippen molar-refractivity contribution in [3.63, 3.8) is 0 Å². The van der Waals surface area contributed by atoms with Gasteiger partial charge >= 0.3 is 5.97 Å². The van der Waals surface area contributed by atoms with E-state index in [9.17, 15) is 4.79 Å². The van der Waals surface area contributed by atoms with Crippen LogP contribution >= 0.6 is 0 Å². The molecule has 0 saturated carbocycles. The number of aromatic nitrogens is 1. The zero-order valence-electron chi connectivity index (χ0n) is 22.5. The average Bonchev–Trinajstić information content (AvgIpc) is 3.47. The lowest BCUT2D eigenvalue weighted by atomic mass is 9.89. The molecular formula is C31H33FN2O5. The minimum atomic E-state index is -0.863. The van der Waals surface area contributed by atoms with Gasteiger partial charge in [-0.05, 0) is 72.7 Å². The molecule has 2 aromatic carbocycles. The third-order valence-corrected chi connectivity index (χ3v) is 8.12. The molecule has 3 heterocycles. The number of aryl methyl sites for hydroxylation is 2. The van der Waals surface area contributed by atoms with Gasteiger partial charge in [0.1, 0.15) is 23.1 Å². The van der Waals surface area contributed by atoms with Crippen molar-refractivity contribution in [1.29, 1.82) is 0 Å². The van der Waals surface area contributed by atoms with Crippen LogP contribution in [0.5, 0.6) is 11.5 Å². The van der Waals surface area contributed by atoms with Gasteiger partial charge in [-0.3, -0.25) is 4.79 Å². The summed E-state index contributed by atoms with van der Waals surface area (Å²) in [5.41, 5.74) is 6.93. The Hall–Kier alpha value is -3.65. The zero-order chi connectivity index (χ0) is 27.3. The molecule has 3 aliphatic rings. The molecular weight excluding hydrogens is 499 g/mol. The highest BCUT2D eigenvalue weighted by Gasteiger charge is 2.35. The smallest absolute Gasteiger partial charge is 0.304 e. The van der Waals surface area contributed by atoms with Gasteiger partial charge in [0, 0.05) is 34.7 Å². The van der Waals surface area contributed by atoms with E-state index in [0.29, 0.717) is 30.3 Å². The van der Waals surface area contributed by atoms with E-state index in [2.05, 4.69) is 43.2 Å². The van der Waals surface area contributed by atoms with E-state index in [1.165, 1.54) is 0 Å². The minimum absolute atomic E-state index is 0.00568. The summed E-state index contributed by atoms with van der Waals surface area (Å²) < 4.78 is 32.5. The van der Waals surface area contributed by atoms with Gasteiger partial charge in [-0.2, -0.15) is 0 Å². The molecule has 0 radical (unpaired) electrons. The topological polar surface area (TPSA) is 89.9 Å². The number of carboxylic acids is 1. The second-order valence-corrected chi connectivity index (χ2v) is 11.5. The Morgan fingerprint density at radius 1 is 1.23 bits per heavy atom. The molecule has 1 aliphatic carbocycles. The fourth-order valence-corrected chi connectivity index (χ4v) is 6.11. The highest BCUT2D eigenvalue weighted by Crippen LogP contribution is 2.44. The van der Waals surface area contributed by atoms with Gasteiger partial charge in [0.25, 0.3) is 0 Å². The molecule has 1 saturated heterocycles. The predicted molar refractivity (Wildman–Crippen MR) is 145 cm³/mol. The van der Waals surface area contributed by atoms with Crippen molar-refractivity contribution in [3.8, 4) is 22.6 Å². The molecule has 1 fully saturated rings. The van der Waals surface area contributed by atoms with Crippen molar-refractivity contribution in [2.45, 2.75) is 52.0 Å². The predicted octanol–water partition coefficient (Wildman–Crippen LogP) is 5.97. The van der Waals surface area contributed by atoms with E-state index in [1.807, 2.05) is 6.07 Å². The standard InChI is InChI=1S/C31H33FN2O5/c1-17-8-20(39-16-31(3)14-37-15-31)9-18(2)29(17)21-4-6-24(32)30-22(21)5-7-25(30)34-27-11-26-23(12-33-27)19(13-38-26)10-28(35)36/h4,6,8-9,11-12,19,25H,5,7,10,13-16H2,1-3H3,(H,33,34)(H,35,36)/t19-,25-/m1/s1. The molecule has 1 aromatic heterocycles. The van der Waals surface area contributed by atoms with Gasteiger partial charge < -0.3 is 24.6 Å². The number of fused-ring (bicyclic) bond motifs is 2. The highest BCUT2D eigenvalue weighted by molar-refractivity contribution is 5.77. The first-order valence-corrected chi connectivity index (χ1v) is 13.5.